The molecule has 1 heterocycles. The Morgan fingerprint density at radius 3 is 2.55 bits per heavy atom. The normalized spacial score (nSPS) is 19.1. The molecule has 0 bridgehead atoms. The predicted molar refractivity (Wildman–Crippen MR) is 87.6 cm³/mol. The molecule has 22 heavy (non-hydrogen) atoms. The molecular formula is C17H25N3O2. The van der Waals surface area contributed by atoms with Gasteiger partial charge >= 0.3 is 0 Å². The second kappa shape index (κ2) is 7.40. The van der Waals surface area contributed by atoms with Gasteiger partial charge in [0.05, 0.1) is 12.6 Å². The number of nitrogens with one attached hydrogen (secondary N) is 1. The number of anilines is 1. The van der Waals surface area contributed by atoms with Crippen LogP contribution in [0.15, 0.2) is 24.3 Å². The van der Waals surface area contributed by atoms with E-state index in [0.717, 1.165) is 31.5 Å². The van der Waals surface area contributed by atoms with Crippen LogP contribution < -0.4 is 11.1 Å². The molecule has 5 nitrogen and oxygen atoms in total. The number of hydrogen-bond acceptors (Lipinski definition) is 3. The van der Waals surface area contributed by atoms with Gasteiger partial charge in [0.1, 0.15) is 0 Å². The van der Waals surface area contributed by atoms with Crippen molar-refractivity contribution in [3.05, 3.63) is 29.8 Å². The third-order valence-electron chi connectivity index (χ3n) is 4.15. The second-order valence-corrected chi connectivity index (χ2v) is 6.21. The van der Waals surface area contributed by atoms with Crippen LogP contribution in [-0.4, -0.2) is 35.8 Å². The summed E-state index contributed by atoms with van der Waals surface area (Å²) in [6.45, 7) is 5.22. The molecule has 5 heteroatoms. The molecule has 1 fully saturated rings. The van der Waals surface area contributed by atoms with E-state index in [2.05, 4.69) is 19.2 Å². The monoisotopic (exact) mass is 303 g/mol. The number of amides is 2. The smallest absolute Gasteiger partial charge is 0.238 e. The van der Waals surface area contributed by atoms with E-state index in [1.807, 2.05) is 29.2 Å². The second-order valence-electron chi connectivity index (χ2n) is 6.21. The molecule has 1 saturated heterocycles. The highest BCUT2D eigenvalue weighted by Gasteiger charge is 2.28. The minimum atomic E-state index is -0.339. The number of hydrogen-bond donors (Lipinski definition) is 2. The Hall–Kier alpha value is -1.88. The SMILES string of the molecule is CC(C)c1ccc(NC(=O)CN2CCCCC2C(N)=O)cc1. The Kier molecular flexibility index (Phi) is 5.55. The first kappa shape index (κ1) is 16.5. The fraction of sp³-hybridized carbons (Fsp3) is 0.529. The fourth-order valence-corrected chi connectivity index (χ4v) is 2.84. The standard InChI is InChI=1S/C17H25N3O2/c1-12(2)13-6-8-14(9-7-13)19-16(21)11-20-10-4-3-5-15(20)17(18)22/h6-9,12,15H,3-5,10-11H2,1-2H3,(H2,18,22)(H,19,21). The highest BCUT2D eigenvalue weighted by atomic mass is 16.2. The Bertz CT molecular complexity index is 525. The molecule has 2 rings (SSSR count). The molecule has 0 radical (unpaired) electrons. The predicted octanol–water partition coefficient (Wildman–Crippen LogP) is 2.09. The van der Waals surface area contributed by atoms with Crippen LogP contribution in [0.4, 0.5) is 5.69 Å². The third kappa shape index (κ3) is 4.31. The van der Waals surface area contributed by atoms with E-state index < -0.39 is 0 Å². The van der Waals surface area contributed by atoms with Crippen LogP contribution in [0.25, 0.3) is 0 Å². The summed E-state index contributed by atoms with van der Waals surface area (Å²) in [4.78, 5) is 25.5. The van der Waals surface area contributed by atoms with Crippen molar-refractivity contribution >= 4 is 17.5 Å². The summed E-state index contributed by atoms with van der Waals surface area (Å²) in [6, 6.07) is 7.55. The van der Waals surface area contributed by atoms with E-state index >= 15 is 0 Å². The van der Waals surface area contributed by atoms with Gasteiger partial charge in [0.15, 0.2) is 0 Å². The van der Waals surface area contributed by atoms with Gasteiger partial charge in [-0.2, -0.15) is 0 Å². The van der Waals surface area contributed by atoms with Crippen molar-refractivity contribution in [2.75, 3.05) is 18.4 Å². The van der Waals surface area contributed by atoms with Crippen LogP contribution in [0.5, 0.6) is 0 Å². The van der Waals surface area contributed by atoms with Gasteiger partial charge in [-0.25, -0.2) is 0 Å². The minimum absolute atomic E-state index is 0.106. The zero-order chi connectivity index (χ0) is 16.1. The van der Waals surface area contributed by atoms with Gasteiger partial charge in [-0.1, -0.05) is 32.4 Å². The van der Waals surface area contributed by atoms with Crippen LogP contribution in [-0.2, 0) is 9.59 Å². The molecule has 1 unspecified atom stereocenters. The molecule has 0 saturated carbocycles. The number of nitrogens with two attached hydrogens (primary N) is 1. The van der Waals surface area contributed by atoms with Crippen LogP contribution in [0.3, 0.4) is 0 Å². The number of carbonyl (C=O) groups excluding carboxylic acids is 2. The van der Waals surface area contributed by atoms with E-state index in [4.69, 9.17) is 5.73 Å². The van der Waals surface area contributed by atoms with Crippen molar-refractivity contribution < 1.29 is 9.59 Å². The molecule has 3 N–H and O–H groups in total. The molecular weight excluding hydrogens is 278 g/mol. The summed E-state index contributed by atoms with van der Waals surface area (Å²) >= 11 is 0. The molecule has 1 aromatic rings. The highest BCUT2D eigenvalue weighted by molar-refractivity contribution is 5.92. The zero-order valence-corrected chi connectivity index (χ0v) is 13.3. The van der Waals surface area contributed by atoms with Gasteiger partial charge in [0.25, 0.3) is 0 Å². The van der Waals surface area contributed by atoms with Gasteiger partial charge in [-0.15, -0.1) is 0 Å². The van der Waals surface area contributed by atoms with E-state index in [1.54, 1.807) is 0 Å². The fourth-order valence-electron chi connectivity index (χ4n) is 2.84. The number of primary amides is 1. The largest absolute Gasteiger partial charge is 0.368 e. The van der Waals surface area contributed by atoms with Crippen molar-refractivity contribution in [2.45, 2.75) is 45.1 Å². The molecule has 2 amide bonds. The van der Waals surface area contributed by atoms with Crippen LogP contribution in [0, 0.1) is 0 Å². The maximum Gasteiger partial charge on any atom is 0.238 e. The number of benzene rings is 1. The van der Waals surface area contributed by atoms with E-state index in [-0.39, 0.29) is 24.4 Å². The molecule has 120 valence electrons. The zero-order valence-electron chi connectivity index (χ0n) is 13.3. The lowest BCUT2D eigenvalue weighted by atomic mass is 10.0. The molecule has 1 atom stereocenters. The summed E-state index contributed by atoms with van der Waals surface area (Å²) in [5, 5.41) is 2.88. The molecule has 0 aliphatic carbocycles. The van der Waals surface area contributed by atoms with Crippen molar-refractivity contribution in [1.29, 1.82) is 0 Å². The summed E-state index contributed by atoms with van der Waals surface area (Å²) in [6.07, 6.45) is 2.73. The lowest BCUT2D eigenvalue weighted by Crippen LogP contribution is -2.50. The third-order valence-corrected chi connectivity index (χ3v) is 4.15. The van der Waals surface area contributed by atoms with Gasteiger partial charge in [0, 0.05) is 5.69 Å². The Balaban J connectivity index is 1.92. The Morgan fingerprint density at radius 2 is 1.95 bits per heavy atom. The lowest BCUT2D eigenvalue weighted by molar-refractivity contribution is -0.126. The minimum Gasteiger partial charge on any atom is -0.368 e. The molecule has 1 aliphatic rings. The lowest BCUT2D eigenvalue weighted by Gasteiger charge is -2.32. The van der Waals surface area contributed by atoms with Crippen LogP contribution in [0.1, 0.15) is 44.6 Å². The van der Waals surface area contributed by atoms with Crippen molar-refractivity contribution in [3.8, 4) is 0 Å². The first-order chi connectivity index (χ1) is 10.5. The molecule has 1 aliphatic heterocycles. The molecule has 0 aromatic heterocycles. The van der Waals surface area contributed by atoms with E-state index in [1.165, 1.54) is 5.56 Å². The summed E-state index contributed by atoms with van der Waals surface area (Å²) in [7, 11) is 0. The maximum atomic E-state index is 12.2. The number of carbonyl (C=O) groups is 2. The summed E-state index contributed by atoms with van der Waals surface area (Å²) in [5.74, 6) is 0.0219. The number of rotatable bonds is 5. The van der Waals surface area contributed by atoms with Gasteiger partial charge < -0.3 is 11.1 Å². The first-order valence-electron chi connectivity index (χ1n) is 7.90. The maximum absolute atomic E-state index is 12.2. The van der Waals surface area contributed by atoms with Crippen LogP contribution >= 0.6 is 0 Å². The first-order valence-corrected chi connectivity index (χ1v) is 7.90. The Morgan fingerprint density at radius 1 is 1.27 bits per heavy atom. The summed E-state index contributed by atoms with van der Waals surface area (Å²) < 4.78 is 0. The average Bonchev–Trinajstić information content (AvgIpc) is 2.48. The topological polar surface area (TPSA) is 75.4 Å². The van der Waals surface area contributed by atoms with Crippen LogP contribution in [0.2, 0.25) is 0 Å². The van der Waals surface area contributed by atoms with Gasteiger partial charge in [0.2, 0.25) is 11.8 Å². The van der Waals surface area contributed by atoms with E-state index in [9.17, 15) is 9.59 Å². The van der Waals surface area contributed by atoms with Crippen molar-refractivity contribution in [3.63, 3.8) is 0 Å². The number of nitrogens with zero attached hydrogens (tertiary/aromatic N) is 1. The Labute approximate surface area is 131 Å². The van der Waals surface area contributed by atoms with Crippen molar-refractivity contribution in [2.24, 2.45) is 5.73 Å². The van der Waals surface area contributed by atoms with Gasteiger partial charge in [-0.05, 0) is 43.0 Å². The van der Waals surface area contributed by atoms with E-state index in [0.29, 0.717) is 5.92 Å². The number of piperidine rings is 1. The molecule has 1 aromatic carbocycles. The van der Waals surface area contributed by atoms with Gasteiger partial charge in [-0.3, -0.25) is 14.5 Å². The summed E-state index contributed by atoms with van der Waals surface area (Å²) in [5.41, 5.74) is 7.44. The highest BCUT2D eigenvalue weighted by Crippen LogP contribution is 2.18. The molecule has 0 spiro atoms. The quantitative estimate of drug-likeness (QED) is 0.874. The van der Waals surface area contributed by atoms with Crippen molar-refractivity contribution in [1.82, 2.24) is 4.90 Å². The average molecular weight is 303 g/mol. The number of likely N-dealkylation sites (tertiary alicyclic amines) is 1.